The fourth-order valence-corrected chi connectivity index (χ4v) is 1.50. The zero-order valence-electron chi connectivity index (χ0n) is 9.35. The van der Waals surface area contributed by atoms with Crippen LogP contribution in [0.5, 0.6) is 0 Å². The molecule has 0 spiro atoms. The third-order valence-corrected chi connectivity index (χ3v) is 2.42. The number of carbonyl (C=O) groups is 1. The second kappa shape index (κ2) is 5.70. The summed E-state index contributed by atoms with van der Waals surface area (Å²) >= 11 is 5.75. The van der Waals surface area contributed by atoms with Crippen molar-refractivity contribution in [3.8, 4) is 0 Å². The fraction of sp³-hybridized carbons (Fsp3) is 0.455. The summed E-state index contributed by atoms with van der Waals surface area (Å²) in [6.07, 6.45) is 1.66. The molecule has 1 rings (SSSR count). The predicted octanol–water partition coefficient (Wildman–Crippen LogP) is 2.42. The summed E-state index contributed by atoms with van der Waals surface area (Å²) in [5, 5.41) is 9.24. The highest BCUT2D eigenvalue weighted by Crippen LogP contribution is 2.16. The number of aliphatic carboxylic acids is 1. The molecule has 0 radical (unpaired) electrons. The molecule has 1 N–H and O–H groups in total. The van der Waals surface area contributed by atoms with Crippen molar-refractivity contribution in [1.82, 2.24) is 4.98 Å². The standard InChI is InChI=1S/C11H15ClN2O2/c1-8(2)14(6-5-11(15)16)10-4-3-9(12)7-13-10/h3-4,7-8H,5-6H2,1-2H3,(H,15,16). The van der Waals surface area contributed by atoms with Gasteiger partial charge in [-0.05, 0) is 26.0 Å². The van der Waals surface area contributed by atoms with Crippen molar-refractivity contribution in [2.45, 2.75) is 26.3 Å². The van der Waals surface area contributed by atoms with Gasteiger partial charge in [-0.25, -0.2) is 4.98 Å². The highest BCUT2D eigenvalue weighted by Gasteiger charge is 2.12. The first-order valence-corrected chi connectivity index (χ1v) is 5.48. The lowest BCUT2D eigenvalue weighted by atomic mass is 10.2. The molecule has 1 aromatic rings. The highest BCUT2D eigenvalue weighted by molar-refractivity contribution is 6.30. The van der Waals surface area contributed by atoms with E-state index in [2.05, 4.69) is 4.98 Å². The van der Waals surface area contributed by atoms with Gasteiger partial charge in [0, 0.05) is 18.8 Å². The van der Waals surface area contributed by atoms with Crippen LogP contribution < -0.4 is 4.90 Å². The smallest absolute Gasteiger partial charge is 0.305 e. The van der Waals surface area contributed by atoms with E-state index in [0.29, 0.717) is 11.6 Å². The van der Waals surface area contributed by atoms with Crippen molar-refractivity contribution in [2.24, 2.45) is 0 Å². The van der Waals surface area contributed by atoms with Gasteiger partial charge in [0.05, 0.1) is 11.4 Å². The second-order valence-corrected chi connectivity index (χ2v) is 4.20. The number of anilines is 1. The van der Waals surface area contributed by atoms with Crippen molar-refractivity contribution in [2.75, 3.05) is 11.4 Å². The van der Waals surface area contributed by atoms with E-state index in [1.165, 1.54) is 0 Å². The number of hydrogen-bond donors (Lipinski definition) is 1. The SMILES string of the molecule is CC(C)N(CCC(=O)O)c1ccc(Cl)cn1. The van der Waals surface area contributed by atoms with Gasteiger partial charge in [0.15, 0.2) is 0 Å². The van der Waals surface area contributed by atoms with E-state index in [4.69, 9.17) is 16.7 Å². The van der Waals surface area contributed by atoms with Crippen LogP contribution in [0.4, 0.5) is 5.82 Å². The number of nitrogens with zero attached hydrogens (tertiary/aromatic N) is 2. The molecule has 0 aliphatic heterocycles. The molecule has 0 fully saturated rings. The minimum Gasteiger partial charge on any atom is -0.481 e. The van der Waals surface area contributed by atoms with Crippen LogP contribution in [0.2, 0.25) is 5.02 Å². The Morgan fingerprint density at radius 2 is 2.25 bits per heavy atom. The maximum Gasteiger partial charge on any atom is 0.305 e. The highest BCUT2D eigenvalue weighted by atomic mass is 35.5. The summed E-state index contributed by atoms with van der Waals surface area (Å²) in [7, 11) is 0. The molecule has 5 heteroatoms. The van der Waals surface area contributed by atoms with Gasteiger partial charge in [0.2, 0.25) is 0 Å². The van der Waals surface area contributed by atoms with Crippen LogP contribution in [-0.4, -0.2) is 28.6 Å². The molecule has 0 saturated heterocycles. The quantitative estimate of drug-likeness (QED) is 0.862. The van der Waals surface area contributed by atoms with E-state index in [1.54, 1.807) is 18.3 Å². The second-order valence-electron chi connectivity index (χ2n) is 3.77. The zero-order chi connectivity index (χ0) is 12.1. The van der Waals surface area contributed by atoms with Crippen LogP contribution in [0.1, 0.15) is 20.3 Å². The van der Waals surface area contributed by atoms with Gasteiger partial charge in [-0.15, -0.1) is 0 Å². The molecule has 0 unspecified atom stereocenters. The Morgan fingerprint density at radius 3 is 2.69 bits per heavy atom. The maximum atomic E-state index is 10.5. The lowest BCUT2D eigenvalue weighted by Crippen LogP contribution is -2.33. The molecule has 0 bridgehead atoms. The summed E-state index contributed by atoms with van der Waals surface area (Å²) < 4.78 is 0. The molecule has 16 heavy (non-hydrogen) atoms. The number of halogens is 1. The summed E-state index contributed by atoms with van der Waals surface area (Å²) in [4.78, 5) is 16.7. The van der Waals surface area contributed by atoms with Crippen LogP contribution >= 0.6 is 11.6 Å². The number of carboxylic acids is 1. The average Bonchev–Trinajstić information content (AvgIpc) is 2.20. The van der Waals surface area contributed by atoms with Crippen molar-refractivity contribution in [3.05, 3.63) is 23.4 Å². The molecule has 1 heterocycles. The molecular formula is C11H15ClN2O2. The van der Waals surface area contributed by atoms with Gasteiger partial charge in [-0.2, -0.15) is 0 Å². The Bertz CT molecular complexity index is 352. The summed E-state index contributed by atoms with van der Waals surface area (Å²) in [5.41, 5.74) is 0. The zero-order valence-corrected chi connectivity index (χ0v) is 10.1. The Morgan fingerprint density at radius 1 is 1.56 bits per heavy atom. The average molecular weight is 243 g/mol. The molecule has 0 aliphatic rings. The van der Waals surface area contributed by atoms with Crippen LogP contribution in [0.25, 0.3) is 0 Å². The van der Waals surface area contributed by atoms with Gasteiger partial charge >= 0.3 is 5.97 Å². The minimum atomic E-state index is -0.806. The third kappa shape index (κ3) is 3.70. The van der Waals surface area contributed by atoms with Gasteiger partial charge in [0.1, 0.15) is 5.82 Å². The van der Waals surface area contributed by atoms with Crippen molar-refractivity contribution in [1.29, 1.82) is 0 Å². The van der Waals surface area contributed by atoms with Gasteiger partial charge < -0.3 is 10.0 Å². The first kappa shape index (κ1) is 12.8. The van der Waals surface area contributed by atoms with Crippen molar-refractivity contribution in [3.63, 3.8) is 0 Å². The molecule has 4 nitrogen and oxygen atoms in total. The van der Waals surface area contributed by atoms with E-state index in [9.17, 15) is 4.79 Å². The maximum absolute atomic E-state index is 10.5. The first-order valence-electron chi connectivity index (χ1n) is 5.10. The van der Waals surface area contributed by atoms with Crippen molar-refractivity contribution >= 4 is 23.4 Å². The van der Waals surface area contributed by atoms with Crippen LogP contribution in [0.3, 0.4) is 0 Å². The van der Waals surface area contributed by atoms with Crippen LogP contribution in [0.15, 0.2) is 18.3 Å². The van der Waals surface area contributed by atoms with Crippen LogP contribution in [0, 0.1) is 0 Å². The van der Waals surface area contributed by atoms with Gasteiger partial charge in [-0.3, -0.25) is 4.79 Å². The number of aromatic nitrogens is 1. The molecule has 0 amide bonds. The molecule has 1 aromatic heterocycles. The third-order valence-electron chi connectivity index (χ3n) is 2.20. The molecular weight excluding hydrogens is 228 g/mol. The minimum absolute atomic E-state index is 0.0997. The van der Waals surface area contributed by atoms with Crippen molar-refractivity contribution < 1.29 is 9.90 Å². The Balaban J connectivity index is 2.77. The summed E-state index contributed by atoms with van der Waals surface area (Å²) in [5.74, 6) is -0.0553. The number of pyridine rings is 1. The van der Waals surface area contributed by atoms with E-state index < -0.39 is 5.97 Å². The lowest BCUT2D eigenvalue weighted by Gasteiger charge is -2.27. The van der Waals surface area contributed by atoms with Gasteiger partial charge in [-0.1, -0.05) is 11.6 Å². The van der Waals surface area contributed by atoms with E-state index in [-0.39, 0.29) is 12.5 Å². The molecule has 0 aromatic carbocycles. The number of carboxylic acid groups (broad SMARTS) is 1. The van der Waals surface area contributed by atoms with Gasteiger partial charge in [0.25, 0.3) is 0 Å². The Labute approximate surface area is 99.9 Å². The summed E-state index contributed by atoms with van der Waals surface area (Å²) in [6, 6.07) is 3.75. The number of rotatable bonds is 5. The number of hydrogen-bond acceptors (Lipinski definition) is 3. The Hall–Kier alpha value is -1.29. The first-order chi connectivity index (χ1) is 7.50. The summed E-state index contributed by atoms with van der Waals surface area (Å²) in [6.45, 7) is 4.44. The van der Waals surface area contributed by atoms with Crippen LogP contribution in [-0.2, 0) is 4.79 Å². The molecule has 0 aliphatic carbocycles. The topological polar surface area (TPSA) is 53.4 Å². The van der Waals surface area contributed by atoms with E-state index >= 15 is 0 Å². The normalized spacial score (nSPS) is 10.5. The monoisotopic (exact) mass is 242 g/mol. The Kier molecular flexibility index (Phi) is 4.55. The predicted molar refractivity (Wildman–Crippen MR) is 64.0 cm³/mol. The fourth-order valence-electron chi connectivity index (χ4n) is 1.39. The molecule has 88 valence electrons. The lowest BCUT2D eigenvalue weighted by molar-refractivity contribution is -0.136. The largest absolute Gasteiger partial charge is 0.481 e. The van der Waals surface area contributed by atoms with E-state index in [1.807, 2.05) is 18.7 Å². The molecule has 0 saturated carbocycles. The van der Waals surface area contributed by atoms with E-state index in [0.717, 1.165) is 5.82 Å². The molecule has 0 atom stereocenters.